The number of benzene rings is 1. The molecule has 0 bridgehead atoms. The predicted octanol–water partition coefficient (Wildman–Crippen LogP) is 4.25. The van der Waals surface area contributed by atoms with Crippen LogP contribution in [0.25, 0.3) is 0 Å². The third-order valence-electron chi connectivity index (χ3n) is 5.21. The summed E-state index contributed by atoms with van der Waals surface area (Å²) in [5.41, 5.74) is 1.21. The minimum atomic E-state index is -0.0106. The molecule has 142 valence electrons. The highest BCUT2D eigenvalue weighted by Crippen LogP contribution is 2.30. The highest BCUT2D eigenvalue weighted by atomic mass is 16.5. The van der Waals surface area contributed by atoms with Gasteiger partial charge in [-0.25, -0.2) is 4.98 Å². The summed E-state index contributed by atoms with van der Waals surface area (Å²) in [4.78, 5) is 9.45. The van der Waals surface area contributed by atoms with Gasteiger partial charge in [-0.3, -0.25) is 4.90 Å². The molecule has 1 aliphatic rings. The molecule has 5 nitrogen and oxygen atoms in total. The standard InChI is InChI=1S/C21H31N3O2/c1-15-14-23(16(2)20-22-13-19(26-20)21(3,4)5)10-11-24(15)17-8-7-9-18(12-17)25-6/h7-9,12-13,15-16H,10-11,14H2,1-6H3/t15-,16+/m0/s1. The minimum Gasteiger partial charge on any atom is -0.497 e. The molecule has 2 aromatic rings. The number of anilines is 1. The maximum Gasteiger partial charge on any atom is 0.211 e. The molecule has 2 atom stereocenters. The molecule has 2 heterocycles. The van der Waals surface area contributed by atoms with Gasteiger partial charge in [-0.2, -0.15) is 0 Å². The second kappa shape index (κ2) is 7.31. The summed E-state index contributed by atoms with van der Waals surface area (Å²) in [6.45, 7) is 13.8. The molecule has 0 unspecified atom stereocenters. The van der Waals surface area contributed by atoms with Crippen molar-refractivity contribution in [2.45, 2.75) is 52.1 Å². The van der Waals surface area contributed by atoms with Crippen LogP contribution in [0.4, 0.5) is 5.69 Å². The molecule has 0 saturated carbocycles. The zero-order chi connectivity index (χ0) is 18.9. The van der Waals surface area contributed by atoms with Crippen LogP contribution >= 0.6 is 0 Å². The fourth-order valence-corrected chi connectivity index (χ4v) is 3.49. The van der Waals surface area contributed by atoms with E-state index in [0.29, 0.717) is 6.04 Å². The zero-order valence-electron chi connectivity index (χ0n) is 16.8. The van der Waals surface area contributed by atoms with Crippen molar-refractivity contribution in [3.8, 4) is 5.75 Å². The van der Waals surface area contributed by atoms with Gasteiger partial charge in [0.15, 0.2) is 0 Å². The first kappa shape index (κ1) is 18.8. The Morgan fingerprint density at radius 3 is 2.65 bits per heavy atom. The monoisotopic (exact) mass is 357 g/mol. The van der Waals surface area contributed by atoms with E-state index in [2.05, 4.69) is 67.6 Å². The number of rotatable bonds is 4. The van der Waals surface area contributed by atoms with Crippen LogP contribution in [0.3, 0.4) is 0 Å². The summed E-state index contributed by atoms with van der Waals surface area (Å²) < 4.78 is 11.4. The molecule has 0 aliphatic carbocycles. The van der Waals surface area contributed by atoms with Crippen molar-refractivity contribution in [3.63, 3.8) is 0 Å². The van der Waals surface area contributed by atoms with E-state index in [9.17, 15) is 0 Å². The lowest BCUT2D eigenvalue weighted by molar-refractivity contribution is 0.151. The van der Waals surface area contributed by atoms with Crippen molar-refractivity contribution < 1.29 is 9.15 Å². The Balaban J connectivity index is 1.69. The minimum absolute atomic E-state index is 0.0106. The Kier molecular flexibility index (Phi) is 5.28. The quantitative estimate of drug-likeness (QED) is 0.818. The summed E-state index contributed by atoms with van der Waals surface area (Å²) in [6.07, 6.45) is 1.88. The fourth-order valence-electron chi connectivity index (χ4n) is 3.49. The van der Waals surface area contributed by atoms with Gasteiger partial charge in [0.1, 0.15) is 11.5 Å². The van der Waals surface area contributed by atoms with E-state index in [1.54, 1.807) is 7.11 Å². The van der Waals surface area contributed by atoms with E-state index in [4.69, 9.17) is 9.15 Å². The summed E-state index contributed by atoms with van der Waals surface area (Å²) >= 11 is 0. The van der Waals surface area contributed by atoms with E-state index in [1.807, 2.05) is 12.3 Å². The van der Waals surface area contributed by atoms with Gasteiger partial charge in [-0.15, -0.1) is 0 Å². The number of aromatic nitrogens is 1. The SMILES string of the molecule is COc1cccc(N2CCN([C@H](C)c3ncc(C(C)(C)C)o3)C[C@@H]2C)c1. The Morgan fingerprint density at radius 1 is 1.27 bits per heavy atom. The molecule has 1 fully saturated rings. The second-order valence-corrected chi connectivity index (χ2v) is 8.23. The van der Waals surface area contributed by atoms with Crippen molar-refractivity contribution in [2.75, 3.05) is 31.6 Å². The van der Waals surface area contributed by atoms with Crippen LogP contribution in [0, 0.1) is 0 Å². The van der Waals surface area contributed by atoms with Crippen LogP contribution in [0.15, 0.2) is 34.9 Å². The normalized spacial score (nSPS) is 20.2. The van der Waals surface area contributed by atoms with E-state index in [1.165, 1.54) is 5.69 Å². The number of hydrogen-bond acceptors (Lipinski definition) is 5. The summed E-state index contributed by atoms with van der Waals surface area (Å²) in [5, 5.41) is 0. The number of oxazole rings is 1. The summed E-state index contributed by atoms with van der Waals surface area (Å²) in [7, 11) is 1.71. The second-order valence-electron chi connectivity index (χ2n) is 8.23. The lowest BCUT2D eigenvalue weighted by Gasteiger charge is -2.43. The van der Waals surface area contributed by atoms with Crippen LogP contribution in [-0.4, -0.2) is 42.7 Å². The number of hydrogen-bond donors (Lipinski definition) is 0. The predicted molar refractivity (Wildman–Crippen MR) is 105 cm³/mol. The first-order chi connectivity index (χ1) is 12.3. The molecule has 0 spiro atoms. The molecule has 0 radical (unpaired) electrons. The van der Waals surface area contributed by atoms with Crippen LogP contribution in [0.5, 0.6) is 5.75 Å². The van der Waals surface area contributed by atoms with Gasteiger partial charge in [0.05, 0.1) is 19.3 Å². The van der Waals surface area contributed by atoms with Crippen molar-refractivity contribution in [3.05, 3.63) is 42.1 Å². The topological polar surface area (TPSA) is 41.7 Å². The molecular weight excluding hydrogens is 326 g/mol. The van der Waals surface area contributed by atoms with Crippen molar-refractivity contribution in [1.29, 1.82) is 0 Å². The number of methoxy groups -OCH3 is 1. The largest absolute Gasteiger partial charge is 0.497 e. The third kappa shape index (κ3) is 3.88. The fraction of sp³-hybridized carbons (Fsp3) is 0.571. The molecular formula is C21H31N3O2. The zero-order valence-corrected chi connectivity index (χ0v) is 16.8. The smallest absolute Gasteiger partial charge is 0.211 e. The third-order valence-corrected chi connectivity index (χ3v) is 5.21. The average Bonchev–Trinajstić information content (AvgIpc) is 3.11. The lowest BCUT2D eigenvalue weighted by atomic mass is 9.94. The van der Waals surface area contributed by atoms with Gasteiger partial charge in [-0.1, -0.05) is 26.8 Å². The lowest BCUT2D eigenvalue weighted by Crippen LogP contribution is -2.52. The molecule has 0 N–H and O–H groups in total. The molecule has 0 amide bonds. The molecule has 26 heavy (non-hydrogen) atoms. The van der Waals surface area contributed by atoms with E-state index in [0.717, 1.165) is 37.0 Å². The molecule has 1 aromatic heterocycles. The Bertz CT molecular complexity index is 735. The number of nitrogens with zero attached hydrogens (tertiary/aromatic N) is 3. The van der Waals surface area contributed by atoms with E-state index < -0.39 is 0 Å². The van der Waals surface area contributed by atoms with Gasteiger partial charge in [0.2, 0.25) is 5.89 Å². The van der Waals surface area contributed by atoms with E-state index >= 15 is 0 Å². The average molecular weight is 357 g/mol. The van der Waals surface area contributed by atoms with Gasteiger partial charge in [0, 0.05) is 42.8 Å². The molecule has 5 heteroatoms. The highest BCUT2D eigenvalue weighted by molar-refractivity contribution is 5.52. The Labute approximate surface area is 157 Å². The molecule has 1 aliphatic heterocycles. The summed E-state index contributed by atoms with van der Waals surface area (Å²) in [5.74, 6) is 2.67. The Morgan fingerprint density at radius 2 is 2.04 bits per heavy atom. The van der Waals surface area contributed by atoms with Crippen molar-refractivity contribution in [2.24, 2.45) is 0 Å². The molecule has 1 aromatic carbocycles. The van der Waals surface area contributed by atoms with Crippen LogP contribution in [0.1, 0.15) is 52.3 Å². The van der Waals surface area contributed by atoms with Crippen LogP contribution in [-0.2, 0) is 5.41 Å². The maximum atomic E-state index is 6.06. The molecule has 3 rings (SSSR count). The molecule has 1 saturated heterocycles. The van der Waals surface area contributed by atoms with Crippen molar-refractivity contribution in [1.82, 2.24) is 9.88 Å². The number of piperazine rings is 1. The number of ether oxygens (including phenoxy) is 1. The van der Waals surface area contributed by atoms with Gasteiger partial charge < -0.3 is 14.1 Å². The first-order valence-corrected chi connectivity index (χ1v) is 9.40. The van der Waals surface area contributed by atoms with Crippen LogP contribution < -0.4 is 9.64 Å². The van der Waals surface area contributed by atoms with Gasteiger partial charge in [-0.05, 0) is 26.0 Å². The van der Waals surface area contributed by atoms with Crippen LogP contribution in [0.2, 0.25) is 0 Å². The van der Waals surface area contributed by atoms with Gasteiger partial charge >= 0.3 is 0 Å². The highest BCUT2D eigenvalue weighted by Gasteiger charge is 2.30. The van der Waals surface area contributed by atoms with E-state index in [-0.39, 0.29) is 11.5 Å². The van der Waals surface area contributed by atoms with Crippen molar-refractivity contribution >= 4 is 5.69 Å². The first-order valence-electron chi connectivity index (χ1n) is 9.40. The van der Waals surface area contributed by atoms with Gasteiger partial charge in [0.25, 0.3) is 0 Å². The maximum absolute atomic E-state index is 6.06. The Hall–Kier alpha value is -2.01. The summed E-state index contributed by atoms with van der Waals surface area (Å²) in [6, 6.07) is 8.90.